The number of amides is 1. The van der Waals surface area contributed by atoms with Crippen LogP contribution in [0.1, 0.15) is 62.0 Å². The first-order valence-corrected chi connectivity index (χ1v) is 11.0. The standard InChI is InChI=1S/C22H30N2O4S/c1-14(2)17-10-8-9-15(3)20(17)23-21(25)16-11-12-18(28-7)19(13-16)29(26,27)24-22(4,5)6/h8-14,24H,1-7H3,(H,23,25). The van der Waals surface area contributed by atoms with Crippen LogP contribution in [0.3, 0.4) is 0 Å². The molecule has 0 unspecified atom stereocenters. The number of para-hydroxylation sites is 1. The van der Waals surface area contributed by atoms with Crippen LogP contribution in [0.5, 0.6) is 5.75 Å². The van der Waals surface area contributed by atoms with E-state index in [-0.39, 0.29) is 28.0 Å². The van der Waals surface area contributed by atoms with Crippen molar-refractivity contribution in [3.05, 3.63) is 53.1 Å². The van der Waals surface area contributed by atoms with Gasteiger partial charge in [-0.25, -0.2) is 13.1 Å². The lowest BCUT2D eigenvalue weighted by atomic mass is 9.98. The number of hydrogen-bond donors (Lipinski definition) is 2. The molecule has 0 aromatic heterocycles. The molecule has 7 heteroatoms. The molecule has 0 aliphatic heterocycles. The molecule has 0 saturated heterocycles. The predicted octanol–water partition coefficient (Wildman–Crippen LogP) is 4.46. The lowest BCUT2D eigenvalue weighted by Gasteiger charge is -2.21. The van der Waals surface area contributed by atoms with Crippen molar-refractivity contribution in [3.8, 4) is 5.75 Å². The van der Waals surface area contributed by atoms with Gasteiger partial charge < -0.3 is 10.1 Å². The van der Waals surface area contributed by atoms with E-state index in [9.17, 15) is 13.2 Å². The second-order valence-electron chi connectivity index (χ2n) is 8.37. The maximum absolute atomic E-state index is 12.9. The van der Waals surface area contributed by atoms with Gasteiger partial charge in [-0.1, -0.05) is 32.0 Å². The van der Waals surface area contributed by atoms with Crippen LogP contribution in [0.4, 0.5) is 5.69 Å². The quantitative estimate of drug-likeness (QED) is 0.725. The van der Waals surface area contributed by atoms with Crippen molar-refractivity contribution in [2.45, 2.75) is 57.9 Å². The fourth-order valence-corrected chi connectivity index (χ4v) is 4.63. The Kier molecular flexibility index (Phi) is 6.75. The van der Waals surface area contributed by atoms with Crippen molar-refractivity contribution in [1.29, 1.82) is 0 Å². The van der Waals surface area contributed by atoms with Gasteiger partial charge in [0.15, 0.2) is 0 Å². The number of hydrogen-bond acceptors (Lipinski definition) is 4. The van der Waals surface area contributed by atoms with Crippen LogP contribution in [-0.2, 0) is 10.0 Å². The second-order valence-corrected chi connectivity index (χ2v) is 10.0. The van der Waals surface area contributed by atoms with Gasteiger partial charge in [-0.2, -0.15) is 0 Å². The molecule has 2 N–H and O–H groups in total. The van der Waals surface area contributed by atoms with Crippen molar-refractivity contribution < 1.29 is 17.9 Å². The number of ether oxygens (including phenoxy) is 1. The maximum Gasteiger partial charge on any atom is 0.255 e. The molecular weight excluding hydrogens is 388 g/mol. The minimum atomic E-state index is -3.87. The fraction of sp³-hybridized carbons (Fsp3) is 0.409. The summed E-state index contributed by atoms with van der Waals surface area (Å²) in [5.41, 5.74) is 2.28. The molecule has 0 heterocycles. The molecule has 0 aliphatic rings. The highest BCUT2D eigenvalue weighted by Crippen LogP contribution is 2.29. The highest BCUT2D eigenvalue weighted by molar-refractivity contribution is 7.89. The van der Waals surface area contributed by atoms with Gasteiger partial charge in [0.1, 0.15) is 10.6 Å². The molecule has 2 aromatic rings. The molecule has 0 spiro atoms. The first kappa shape index (κ1) is 22.9. The summed E-state index contributed by atoms with van der Waals surface area (Å²) < 4.78 is 33.5. The van der Waals surface area contributed by atoms with Crippen LogP contribution >= 0.6 is 0 Å². The van der Waals surface area contributed by atoms with Crippen molar-refractivity contribution in [2.24, 2.45) is 0 Å². The summed E-state index contributed by atoms with van der Waals surface area (Å²) in [7, 11) is -2.48. The van der Waals surface area contributed by atoms with Gasteiger partial charge in [0.25, 0.3) is 5.91 Å². The minimum absolute atomic E-state index is 0.0727. The maximum atomic E-state index is 12.9. The Hall–Kier alpha value is -2.38. The molecule has 2 rings (SSSR count). The van der Waals surface area contributed by atoms with E-state index < -0.39 is 15.6 Å². The van der Waals surface area contributed by atoms with Gasteiger partial charge in [0, 0.05) is 16.8 Å². The Balaban J connectivity index is 2.46. The summed E-state index contributed by atoms with van der Waals surface area (Å²) in [4.78, 5) is 12.9. The minimum Gasteiger partial charge on any atom is -0.495 e. The van der Waals surface area contributed by atoms with Crippen LogP contribution in [-0.4, -0.2) is 27.0 Å². The second kappa shape index (κ2) is 8.55. The van der Waals surface area contributed by atoms with E-state index in [4.69, 9.17) is 4.74 Å². The van der Waals surface area contributed by atoms with E-state index in [2.05, 4.69) is 23.9 Å². The molecule has 158 valence electrons. The van der Waals surface area contributed by atoms with E-state index in [0.29, 0.717) is 0 Å². The van der Waals surface area contributed by atoms with Crippen LogP contribution in [0.2, 0.25) is 0 Å². The van der Waals surface area contributed by atoms with Gasteiger partial charge in [-0.3, -0.25) is 4.79 Å². The summed E-state index contributed by atoms with van der Waals surface area (Å²) >= 11 is 0. The predicted molar refractivity (Wildman–Crippen MR) is 116 cm³/mol. The third-order valence-electron chi connectivity index (χ3n) is 4.32. The smallest absolute Gasteiger partial charge is 0.255 e. The van der Waals surface area contributed by atoms with Crippen LogP contribution in [0.25, 0.3) is 0 Å². The van der Waals surface area contributed by atoms with Gasteiger partial charge in [-0.05, 0) is 62.9 Å². The fourth-order valence-electron chi connectivity index (χ4n) is 3.01. The molecule has 2 aromatic carbocycles. The molecule has 0 fully saturated rings. The molecule has 0 bridgehead atoms. The number of carbonyl (C=O) groups is 1. The zero-order chi connectivity index (χ0) is 22.0. The van der Waals surface area contributed by atoms with Gasteiger partial charge in [-0.15, -0.1) is 0 Å². The average Bonchev–Trinajstić information content (AvgIpc) is 2.60. The molecule has 0 atom stereocenters. The third-order valence-corrected chi connectivity index (χ3v) is 6.10. The molecule has 0 aliphatic carbocycles. The monoisotopic (exact) mass is 418 g/mol. The van der Waals surface area contributed by atoms with Crippen molar-refractivity contribution in [1.82, 2.24) is 4.72 Å². The SMILES string of the molecule is COc1ccc(C(=O)Nc2c(C)cccc2C(C)C)cc1S(=O)(=O)NC(C)(C)C. The number of carbonyl (C=O) groups excluding carboxylic acids is 1. The highest BCUT2D eigenvalue weighted by Gasteiger charge is 2.26. The summed E-state index contributed by atoms with van der Waals surface area (Å²) in [6, 6.07) is 10.3. The average molecular weight is 419 g/mol. The molecule has 29 heavy (non-hydrogen) atoms. The van der Waals surface area contributed by atoms with Gasteiger partial charge >= 0.3 is 0 Å². The topological polar surface area (TPSA) is 84.5 Å². The summed E-state index contributed by atoms with van der Waals surface area (Å²) in [5.74, 6) is 0.0288. The summed E-state index contributed by atoms with van der Waals surface area (Å²) in [6.45, 7) is 11.3. The third kappa shape index (κ3) is 5.58. The first-order chi connectivity index (χ1) is 13.4. The van der Waals surface area contributed by atoms with E-state index in [1.165, 1.54) is 19.2 Å². The van der Waals surface area contributed by atoms with Crippen molar-refractivity contribution in [2.75, 3.05) is 12.4 Å². The molecule has 1 amide bonds. The first-order valence-electron chi connectivity index (χ1n) is 9.48. The van der Waals surface area contributed by atoms with E-state index in [1.807, 2.05) is 25.1 Å². The lowest BCUT2D eigenvalue weighted by Crippen LogP contribution is -2.40. The Morgan fingerprint density at radius 2 is 1.76 bits per heavy atom. The molecule has 6 nitrogen and oxygen atoms in total. The Morgan fingerprint density at radius 1 is 1.10 bits per heavy atom. The zero-order valence-corrected chi connectivity index (χ0v) is 18.9. The Bertz CT molecular complexity index is 1010. The van der Waals surface area contributed by atoms with Crippen LogP contribution in [0.15, 0.2) is 41.3 Å². The van der Waals surface area contributed by atoms with Crippen LogP contribution < -0.4 is 14.8 Å². The molecular formula is C22H30N2O4S. The summed E-state index contributed by atoms with van der Waals surface area (Å²) in [6.07, 6.45) is 0. The largest absolute Gasteiger partial charge is 0.495 e. The van der Waals surface area contributed by atoms with E-state index in [0.717, 1.165) is 16.8 Å². The number of nitrogens with one attached hydrogen (secondary N) is 2. The molecule has 0 radical (unpaired) electrons. The number of methoxy groups -OCH3 is 1. The number of aryl methyl sites for hydroxylation is 1. The van der Waals surface area contributed by atoms with Gasteiger partial charge in [0.2, 0.25) is 10.0 Å². The highest BCUT2D eigenvalue weighted by atomic mass is 32.2. The van der Waals surface area contributed by atoms with Crippen molar-refractivity contribution >= 4 is 21.6 Å². The van der Waals surface area contributed by atoms with E-state index in [1.54, 1.807) is 26.8 Å². The Labute approximate surface area is 173 Å². The van der Waals surface area contributed by atoms with Crippen LogP contribution in [0, 0.1) is 6.92 Å². The summed E-state index contributed by atoms with van der Waals surface area (Å²) in [5, 5.41) is 2.95. The number of sulfonamides is 1. The zero-order valence-electron chi connectivity index (χ0n) is 18.1. The molecule has 0 saturated carbocycles. The van der Waals surface area contributed by atoms with Crippen molar-refractivity contribution in [3.63, 3.8) is 0 Å². The van der Waals surface area contributed by atoms with Gasteiger partial charge in [0.05, 0.1) is 7.11 Å². The number of anilines is 1. The van der Waals surface area contributed by atoms with E-state index >= 15 is 0 Å². The lowest BCUT2D eigenvalue weighted by molar-refractivity contribution is 0.102. The normalized spacial score (nSPS) is 12.1. The number of rotatable bonds is 6. The number of benzene rings is 2. The Morgan fingerprint density at radius 3 is 2.31 bits per heavy atom.